The highest BCUT2D eigenvalue weighted by Crippen LogP contribution is 3.08. The Morgan fingerprint density at radius 2 is 0.654 bits per heavy atom. The van der Waals surface area contributed by atoms with Gasteiger partial charge < -0.3 is 0 Å². The lowest BCUT2D eigenvalue weighted by atomic mass is 9.13. The molecule has 0 spiro atoms. The Bertz CT molecular complexity index is 717. The van der Waals surface area contributed by atoms with E-state index < -0.39 is 0 Å². The first-order valence-electron chi connectivity index (χ1n) is 11.2. The van der Waals surface area contributed by atoms with Crippen molar-refractivity contribution < 1.29 is 0 Å². The fraction of sp³-hybridized carbons (Fsp3) is 1.00. The van der Waals surface area contributed by atoms with Crippen LogP contribution in [0.3, 0.4) is 0 Å². The lowest BCUT2D eigenvalue weighted by Gasteiger charge is -2.90. The maximum atomic E-state index is 2.73. The average Bonchev–Trinajstić information content (AvgIpc) is 2.56. The maximum absolute atomic E-state index is 2.73. The minimum absolute atomic E-state index is 0.286. The van der Waals surface area contributed by atoms with Crippen LogP contribution in [-0.4, -0.2) is 0 Å². The number of hydrogen-bond acceptors (Lipinski definition) is 0. The third-order valence-corrected chi connectivity index (χ3v) is 15.9. The average molecular weight is 359 g/mol. The van der Waals surface area contributed by atoms with Crippen LogP contribution >= 0.6 is 0 Å². The Balaban J connectivity index is 2.35. The lowest BCUT2D eigenvalue weighted by molar-refractivity contribution is -0.435. The second-order valence-corrected chi connectivity index (χ2v) is 14.1. The molecule has 4 aliphatic rings. The standard InChI is InChI=1S/C26H46/c1-16-21(10)17(2,3)23(12)19(6,7)22(16,11)25(14)20(8,9)24(13,18(21,4)5)26(23,25)15/h16H,1-15H3. The van der Waals surface area contributed by atoms with E-state index in [0.717, 1.165) is 0 Å². The van der Waals surface area contributed by atoms with E-state index in [1.165, 1.54) is 0 Å². The molecule has 0 heterocycles. The Morgan fingerprint density at radius 3 is 1.04 bits per heavy atom. The highest BCUT2D eigenvalue weighted by atomic mass is 15.1. The molecule has 0 aliphatic heterocycles. The van der Waals surface area contributed by atoms with Crippen LogP contribution in [-0.2, 0) is 0 Å². The summed E-state index contributed by atoms with van der Waals surface area (Å²) < 4.78 is 0. The molecule has 26 heavy (non-hydrogen) atoms. The first-order valence-corrected chi connectivity index (χ1v) is 11.2. The van der Waals surface area contributed by atoms with Crippen molar-refractivity contribution in [1.29, 1.82) is 0 Å². The predicted molar refractivity (Wildman–Crippen MR) is 113 cm³/mol. The van der Waals surface area contributed by atoms with Gasteiger partial charge in [0.25, 0.3) is 0 Å². The van der Waals surface area contributed by atoms with E-state index in [2.05, 4.69) is 104 Å². The minimum Gasteiger partial charge on any atom is -0.0614 e. The lowest BCUT2D eigenvalue weighted by Crippen LogP contribution is -2.86. The van der Waals surface area contributed by atoms with Crippen LogP contribution in [0.5, 0.6) is 0 Å². The minimum atomic E-state index is 0.286. The van der Waals surface area contributed by atoms with Gasteiger partial charge in [0, 0.05) is 0 Å². The Labute approximate surface area is 164 Å². The predicted octanol–water partition coefficient (Wildman–Crippen LogP) is 7.82. The van der Waals surface area contributed by atoms with Crippen LogP contribution in [0.25, 0.3) is 0 Å². The molecular weight excluding hydrogens is 312 g/mol. The van der Waals surface area contributed by atoms with Crippen LogP contribution in [0.2, 0.25) is 0 Å². The van der Waals surface area contributed by atoms with E-state index in [1.54, 1.807) is 0 Å². The summed E-state index contributed by atoms with van der Waals surface area (Å²) in [4.78, 5) is 0. The molecule has 0 aromatic heterocycles. The summed E-state index contributed by atoms with van der Waals surface area (Å²) >= 11 is 0. The molecule has 0 aromatic rings. The molecule has 0 saturated heterocycles. The number of rotatable bonds is 0. The zero-order chi connectivity index (χ0) is 20.6. The Kier molecular flexibility index (Phi) is 2.70. The van der Waals surface area contributed by atoms with Gasteiger partial charge in [0.15, 0.2) is 0 Å². The fourth-order valence-corrected chi connectivity index (χ4v) is 13.4. The van der Waals surface area contributed by atoms with Gasteiger partial charge in [-0.2, -0.15) is 0 Å². The maximum Gasteiger partial charge on any atom is -0.0132 e. The van der Waals surface area contributed by atoms with E-state index >= 15 is 0 Å². The van der Waals surface area contributed by atoms with Gasteiger partial charge in [-0.25, -0.2) is 0 Å². The molecule has 0 radical (unpaired) electrons. The second kappa shape index (κ2) is 3.63. The van der Waals surface area contributed by atoms with Crippen molar-refractivity contribution >= 4 is 0 Å². The molecular formula is C26H46. The topological polar surface area (TPSA) is 0 Å². The first-order chi connectivity index (χ1) is 11.2. The molecule has 150 valence electrons. The van der Waals surface area contributed by atoms with Gasteiger partial charge in [0.05, 0.1) is 0 Å². The van der Waals surface area contributed by atoms with Crippen molar-refractivity contribution in [2.45, 2.75) is 104 Å². The van der Waals surface area contributed by atoms with Crippen molar-refractivity contribution in [2.24, 2.45) is 60.1 Å². The molecule has 4 fully saturated rings. The molecule has 0 nitrogen and oxygen atoms in total. The molecule has 4 rings (SSSR count). The van der Waals surface area contributed by atoms with Crippen LogP contribution in [0.15, 0.2) is 0 Å². The molecule has 3 bridgehead atoms. The van der Waals surface area contributed by atoms with Gasteiger partial charge in [-0.15, -0.1) is 0 Å². The monoisotopic (exact) mass is 358 g/mol. The van der Waals surface area contributed by atoms with Crippen LogP contribution in [0.1, 0.15) is 104 Å². The normalized spacial score (nSPS) is 65.0. The molecule has 7 unspecified atom stereocenters. The molecule has 0 aromatic carbocycles. The summed E-state index contributed by atoms with van der Waals surface area (Å²) in [6.45, 7) is 40.0. The first kappa shape index (κ1) is 19.3. The van der Waals surface area contributed by atoms with E-state index in [0.29, 0.717) is 49.2 Å². The molecule has 7 atom stereocenters. The molecule has 0 N–H and O–H groups in total. The summed E-state index contributed by atoms with van der Waals surface area (Å²) in [5.41, 5.74) is 3.11. The van der Waals surface area contributed by atoms with Gasteiger partial charge >= 0.3 is 0 Å². The van der Waals surface area contributed by atoms with Crippen molar-refractivity contribution in [2.75, 3.05) is 0 Å². The van der Waals surface area contributed by atoms with Crippen molar-refractivity contribution in [3.8, 4) is 0 Å². The fourth-order valence-electron chi connectivity index (χ4n) is 13.4. The summed E-state index contributed by atoms with van der Waals surface area (Å²) in [5.74, 6) is 0.693. The van der Waals surface area contributed by atoms with E-state index in [-0.39, 0.29) is 10.8 Å². The van der Waals surface area contributed by atoms with Crippen LogP contribution < -0.4 is 0 Å². The summed E-state index contributed by atoms with van der Waals surface area (Å²) in [6, 6.07) is 0. The zero-order valence-corrected chi connectivity index (χ0v) is 20.6. The summed E-state index contributed by atoms with van der Waals surface area (Å²) in [7, 11) is 0. The second-order valence-electron chi connectivity index (χ2n) is 14.1. The SMILES string of the molecule is CC1C2(C)C(C)(C)C3(C)C(C)(C)C1(C)C1(C)C(C)(C)C(C)(C2(C)C)C31C. The highest BCUT2D eigenvalue weighted by molar-refractivity contribution is 5.50. The molecule has 0 amide bonds. The highest BCUT2D eigenvalue weighted by Gasteiger charge is 3.04. The van der Waals surface area contributed by atoms with Crippen LogP contribution in [0, 0.1) is 60.1 Å². The Hall–Kier alpha value is 0. The van der Waals surface area contributed by atoms with Crippen molar-refractivity contribution in [1.82, 2.24) is 0 Å². The number of fused-ring (bicyclic) bond motifs is 3. The largest absolute Gasteiger partial charge is 0.0614 e. The van der Waals surface area contributed by atoms with Crippen molar-refractivity contribution in [3.63, 3.8) is 0 Å². The van der Waals surface area contributed by atoms with Gasteiger partial charge in [-0.05, 0) is 60.1 Å². The van der Waals surface area contributed by atoms with Gasteiger partial charge in [0.1, 0.15) is 0 Å². The molecule has 0 heteroatoms. The Morgan fingerprint density at radius 1 is 0.346 bits per heavy atom. The molecule has 4 saturated carbocycles. The van der Waals surface area contributed by atoms with Gasteiger partial charge in [-0.3, -0.25) is 0 Å². The third kappa shape index (κ3) is 0.882. The zero-order valence-electron chi connectivity index (χ0n) is 20.6. The molecule has 4 aliphatic carbocycles. The summed E-state index contributed by atoms with van der Waals surface area (Å²) in [6.07, 6.45) is 0. The third-order valence-electron chi connectivity index (χ3n) is 15.9. The van der Waals surface area contributed by atoms with E-state index in [4.69, 9.17) is 0 Å². The quantitative estimate of drug-likeness (QED) is 0.414. The van der Waals surface area contributed by atoms with Crippen molar-refractivity contribution in [3.05, 3.63) is 0 Å². The van der Waals surface area contributed by atoms with Gasteiger partial charge in [-0.1, -0.05) is 104 Å². The van der Waals surface area contributed by atoms with Gasteiger partial charge in [0.2, 0.25) is 0 Å². The smallest absolute Gasteiger partial charge is 0.0132 e. The van der Waals surface area contributed by atoms with Crippen LogP contribution in [0.4, 0.5) is 0 Å². The van der Waals surface area contributed by atoms with E-state index in [1.807, 2.05) is 0 Å². The summed E-state index contributed by atoms with van der Waals surface area (Å²) in [5, 5.41) is 0. The van der Waals surface area contributed by atoms with E-state index in [9.17, 15) is 0 Å². The number of hydrogen-bond donors (Lipinski definition) is 0.